The molecule has 0 heterocycles. The summed E-state index contributed by atoms with van der Waals surface area (Å²) < 4.78 is 0. The zero-order valence-corrected chi connectivity index (χ0v) is 10.8. The summed E-state index contributed by atoms with van der Waals surface area (Å²) in [6, 6.07) is -0.836. The van der Waals surface area contributed by atoms with Crippen molar-refractivity contribution in [1.82, 2.24) is 4.90 Å². The highest BCUT2D eigenvalue weighted by molar-refractivity contribution is 5.89. The molecule has 0 aliphatic carbocycles. The van der Waals surface area contributed by atoms with Crippen molar-refractivity contribution in [2.24, 2.45) is 11.5 Å². The Morgan fingerprint density at radius 3 is 2.24 bits per heavy atom. The van der Waals surface area contributed by atoms with Crippen LogP contribution in [-0.4, -0.2) is 47.1 Å². The number of hydrogen-bond acceptors (Lipinski definition) is 4. The van der Waals surface area contributed by atoms with Gasteiger partial charge in [0.25, 0.3) is 0 Å². The van der Waals surface area contributed by atoms with Gasteiger partial charge in [0, 0.05) is 7.05 Å². The molecule has 0 aliphatic rings. The molecule has 0 fully saturated rings. The smallest absolute Gasteiger partial charge is 0.326 e. The number of carboxylic acid groups (broad SMARTS) is 1. The third-order valence-corrected chi connectivity index (χ3v) is 2.56. The summed E-state index contributed by atoms with van der Waals surface area (Å²) in [6.45, 7) is 3.64. The van der Waals surface area contributed by atoms with Gasteiger partial charge in [0.15, 0.2) is 0 Å². The van der Waals surface area contributed by atoms with Gasteiger partial charge < -0.3 is 21.5 Å². The molecule has 1 amide bonds. The molecule has 17 heavy (non-hydrogen) atoms. The molecule has 6 heteroatoms. The molecule has 0 bridgehead atoms. The standard InChI is InChI=1S/C11H23N3O3/c1-11(2,13)10(17)14(3)8(9(15)16)6-4-5-7-12/h8H,4-7,12-13H2,1-3H3,(H,15,16)/t8-/m0/s1. The number of hydrogen-bond donors (Lipinski definition) is 3. The molecule has 0 spiro atoms. The van der Waals surface area contributed by atoms with Crippen LogP contribution in [0, 0.1) is 0 Å². The Morgan fingerprint density at radius 2 is 1.88 bits per heavy atom. The maximum Gasteiger partial charge on any atom is 0.326 e. The van der Waals surface area contributed by atoms with Crippen LogP contribution in [0.2, 0.25) is 0 Å². The molecule has 0 aromatic heterocycles. The summed E-state index contributed by atoms with van der Waals surface area (Å²) >= 11 is 0. The third kappa shape index (κ3) is 5.14. The number of amides is 1. The van der Waals surface area contributed by atoms with Crippen LogP contribution < -0.4 is 11.5 Å². The first-order chi connectivity index (χ1) is 7.71. The summed E-state index contributed by atoms with van der Waals surface area (Å²) in [4.78, 5) is 24.2. The topological polar surface area (TPSA) is 110 Å². The molecular formula is C11H23N3O3. The van der Waals surface area contributed by atoms with Crippen molar-refractivity contribution < 1.29 is 14.7 Å². The fourth-order valence-electron chi connectivity index (χ4n) is 1.56. The van der Waals surface area contributed by atoms with E-state index in [0.717, 1.165) is 6.42 Å². The van der Waals surface area contributed by atoms with Gasteiger partial charge in [0.1, 0.15) is 6.04 Å². The van der Waals surface area contributed by atoms with Crippen LogP contribution in [0.15, 0.2) is 0 Å². The number of carbonyl (C=O) groups is 2. The maximum absolute atomic E-state index is 11.9. The Morgan fingerprint density at radius 1 is 1.35 bits per heavy atom. The van der Waals surface area contributed by atoms with Crippen molar-refractivity contribution in [3.63, 3.8) is 0 Å². The summed E-state index contributed by atoms with van der Waals surface area (Å²) in [5, 5.41) is 9.09. The lowest BCUT2D eigenvalue weighted by atomic mass is 10.0. The maximum atomic E-state index is 11.9. The van der Waals surface area contributed by atoms with Gasteiger partial charge in [-0.25, -0.2) is 4.79 Å². The largest absolute Gasteiger partial charge is 0.480 e. The number of carboxylic acids is 1. The second kappa shape index (κ2) is 6.56. The fourth-order valence-corrected chi connectivity index (χ4v) is 1.56. The van der Waals surface area contributed by atoms with E-state index in [4.69, 9.17) is 16.6 Å². The molecule has 100 valence electrons. The average molecular weight is 245 g/mol. The van der Waals surface area contributed by atoms with Crippen molar-refractivity contribution in [3.8, 4) is 0 Å². The molecule has 0 unspecified atom stereocenters. The number of unbranched alkanes of at least 4 members (excludes halogenated alkanes) is 1. The first-order valence-electron chi connectivity index (χ1n) is 5.70. The molecule has 5 N–H and O–H groups in total. The zero-order valence-electron chi connectivity index (χ0n) is 10.8. The number of nitrogens with two attached hydrogens (primary N) is 2. The summed E-state index contributed by atoms with van der Waals surface area (Å²) in [5.41, 5.74) is 9.96. The van der Waals surface area contributed by atoms with Crippen LogP contribution in [0.25, 0.3) is 0 Å². The lowest BCUT2D eigenvalue weighted by molar-refractivity contribution is -0.151. The molecule has 0 rings (SSSR count). The van der Waals surface area contributed by atoms with Gasteiger partial charge in [0.05, 0.1) is 5.54 Å². The van der Waals surface area contributed by atoms with Crippen LogP contribution in [0.4, 0.5) is 0 Å². The van der Waals surface area contributed by atoms with Crippen LogP contribution in [0.1, 0.15) is 33.1 Å². The van der Waals surface area contributed by atoms with Crippen LogP contribution in [-0.2, 0) is 9.59 Å². The first kappa shape index (κ1) is 15.9. The van der Waals surface area contributed by atoms with Crippen LogP contribution >= 0.6 is 0 Å². The first-order valence-corrected chi connectivity index (χ1v) is 5.70. The lowest BCUT2D eigenvalue weighted by Crippen LogP contribution is -2.54. The van der Waals surface area contributed by atoms with E-state index in [9.17, 15) is 9.59 Å². The monoisotopic (exact) mass is 245 g/mol. The van der Waals surface area contributed by atoms with E-state index >= 15 is 0 Å². The number of rotatable bonds is 7. The summed E-state index contributed by atoms with van der Waals surface area (Å²) in [7, 11) is 1.47. The van der Waals surface area contributed by atoms with Crippen molar-refractivity contribution in [2.75, 3.05) is 13.6 Å². The van der Waals surface area contributed by atoms with E-state index in [-0.39, 0.29) is 5.91 Å². The van der Waals surface area contributed by atoms with Crippen LogP contribution in [0.5, 0.6) is 0 Å². The van der Waals surface area contributed by atoms with Gasteiger partial charge in [-0.05, 0) is 39.7 Å². The average Bonchev–Trinajstić information content (AvgIpc) is 2.20. The zero-order chi connectivity index (χ0) is 13.6. The Hall–Kier alpha value is -1.14. The molecule has 0 aromatic carbocycles. The Kier molecular flexibility index (Phi) is 6.12. The molecule has 0 aromatic rings. The highest BCUT2D eigenvalue weighted by Gasteiger charge is 2.32. The predicted octanol–water partition coefficient (Wildman–Crippen LogP) is -0.236. The highest BCUT2D eigenvalue weighted by atomic mass is 16.4. The molecule has 6 nitrogen and oxygen atoms in total. The van der Waals surface area contributed by atoms with E-state index in [2.05, 4.69) is 0 Å². The van der Waals surface area contributed by atoms with Crippen molar-refractivity contribution >= 4 is 11.9 Å². The van der Waals surface area contributed by atoms with E-state index < -0.39 is 17.6 Å². The van der Waals surface area contributed by atoms with Gasteiger partial charge >= 0.3 is 5.97 Å². The van der Waals surface area contributed by atoms with Crippen molar-refractivity contribution in [3.05, 3.63) is 0 Å². The molecule has 0 saturated heterocycles. The molecular weight excluding hydrogens is 222 g/mol. The number of likely N-dealkylation sites (N-methyl/N-ethyl adjacent to an activating group) is 1. The second-order valence-electron chi connectivity index (χ2n) is 4.78. The molecule has 1 atom stereocenters. The Labute approximate surface area is 102 Å². The minimum Gasteiger partial charge on any atom is -0.480 e. The SMILES string of the molecule is CN(C(=O)C(C)(C)N)[C@@H](CCCCN)C(=O)O. The molecule has 0 radical (unpaired) electrons. The number of carbonyl (C=O) groups excluding carboxylic acids is 1. The quantitative estimate of drug-likeness (QED) is 0.536. The van der Waals surface area contributed by atoms with Gasteiger partial charge in [-0.3, -0.25) is 4.79 Å². The predicted molar refractivity (Wildman–Crippen MR) is 65.4 cm³/mol. The highest BCUT2D eigenvalue weighted by Crippen LogP contribution is 2.12. The van der Waals surface area contributed by atoms with E-state index in [1.807, 2.05) is 0 Å². The van der Waals surface area contributed by atoms with Crippen molar-refractivity contribution in [1.29, 1.82) is 0 Å². The molecule has 0 saturated carbocycles. The molecule has 0 aliphatic heterocycles. The van der Waals surface area contributed by atoms with Gasteiger partial charge in [-0.15, -0.1) is 0 Å². The van der Waals surface area contributed by atoms with E-state index in [1.165, 1.54) is 11.9 Å². The normalized spacial score (nSPS) is 13.2. The Bertz CT molecular complexity index is 274. The third-order valence-electron chi connectivity index (χ3n) is 2.56. The minimum absolute atomic E-state index is 0.377. The van der Waals surface area contributed by atoms with Gasteiger partial charge in [0.2, 0.25) is 5.91 Å². The van der Waals surface area contributed by atoms with Crippen LogP contribution in [0.3, 0.4) is 0 Å². The summed E-state index contributed by atoms with van der Waals surface area (Å²) in [6.07, 6.45) is 1.82. The number of aliphatic carboxylic acids is 1. The van der Waals surface area contributed by atoms with Crippen molar-refractivity contribution in [2.45, 2.75) is 44.7 Å². The second-order valence-corrected chi connectivity index (χ2v) is 4.78. The van der Waals surface area contributed by atoms with E-state index in [0.29, 0.717) is 19.4 Å². The van der Waals surface area contributed by atoms with Gasteiger partial charge in [-0.2, -0.15) is 0 Å². The minimum atomic E-state index is -1.06. The fraction of sp³-hybridized carbons (Fsp3) is 0.818. The van der Waals surface area contributed by atoms with Gasteiger partial charge in [-0.1, -0.05) is 0 Å². The summed E-state index contributed by atoms with van der Waals surface area (Å²) in [5.74, 6) is -1.39. The number of nitrogens with zero attached hydrogens (tertiary/aromatic N) is 1. The Balaban J connectivity index is 4.60. The lowest BCUT2D eigenvalue weighted by Gasteiger charge is -2.30. The van der Waals surface area contributed by atoms with E-state index in [1.54, 1.807) is 13.8 Å².